The molecule has 0 saturated carbocycles. The molecule has 2 saturated heterocycles. The third-order valence-corrected chi connectivity index (χ3v) is 5.70. The van der Waals surface area contributed by atoms with Gasteiger partial charge in [-0.25, -0.2) is 4.57 Å². The molecule has 177 valence electrons. The second-order valence-electron chi connectivity index (χ2n) is 6.44. The van der Waals surface area contributed by atoms with E-state index in [4.69, 9.17) is 34.4 Å². The van der Waals surface area contributed by atoms with Crippen LogP contribution in [0.4, 0.5) is 0 Å². The van der Waals surface area contributed by atoms with E-state index < -0.39 is 51.5 Å². The number of hydrogen-bond acceptors (Lipinski definition) is 10. The smallest absolute Gasteiger partial charge is 0.475 e. The predicted molar refractivity (Wildman–Crippen MR) is 105 cm³/mol. The summed E-state index contributed by atoms with van der Waals surface area (Å²) in [5.41, 5.74) is 0. The molecule has 32 heavy (non-hydrogen) atoms. The van der Waals surface area contributed by atoms with Crippen LogP contribution in [-0.2, 0) is 32.3 Å². The SMILES string of the molecule is [3H][C@H]1C[C@@H](O)[C@@H](COP(=O)(OCCC#N)O[C@@H]2C(OC/C=C/C=C/C)[CH-]O[C@@H]2CO)O1.[Ac].[U]. The number of nitrogens with zero attached hydrogens (tertiary/aromatic N) is 1. The molecule has 13 heteroatoms. The van der Waals surface area contributed by atoms with Crippen LogP contribution in [0.1, 0.15) is 21.1 Å². The molecule has 1 radical (unpaired) electrons. The fourth-order valence-electron chi connectivity index (χ4n) is 2.65. The van der Waals surface area contributed by atoms with Crippen LogP contribution in [0.25, 0.3) is 0 Å². The monoisotopic (exact) mass is 913 g/mol. The molecule has 10 nitrogen and oxygen atoms in total. The van der Waals surface area contributed by atoms with Crippen molar-refractivity contribution in [1.82, 2.24) is 0 Å². The number of aliphatic hydroxyl groups is 2. The number of allylic oxidation sites excluding steroid dienone is 3. The Balaban J connectivity index is 0.00000512. The van der Waals surface area contributed by atoms with Gasteiger partial charge in [0.15, 0.2) is 0 Å². The molecular weight excluding hydrogens is 882 g/mol. The molecule has 7 atom stereocenters. The predicted octanol–water partition coefficient (Wildman–Crippen LogP) is 1.65. The van der Waals surface area contributed by atoms with Crippen molar-refractivity contribution in [3.05, 3.63) is 30.9 Å². The van der Waals surface area contributed by atoms with E-state index in [0.29, 0.717) is 0 Å². The van der Waals surface area contributed by atoms with E-state index in [0.717, 1.165) is 0 Å². The Morgan fingerprint density at radius 3 is 2.78 bits per heavy atom. The van der Waals surface area contributed by atoms with Crippen molar-refractivity contribution >= 4 is 7.82 Å². The molecule has 2 heterocycles. The van der Waals surface area contributed by atoms with Crippen LogP contribution in [0.2, 0.25) is 0 Å². The van der Waals surface area contributed by atoms with Crippen LogP contribution in [0, 0.1) is 93.1 Å². The third kappa shape index (κ3) is 11.4. The third-order valence-electron chi connectivity index (χ3n) is 4.23. The van der Waals surface area contributed by atoms with Gasteiger partial charge in [0.05, 0.1) is 58.6 Å². The van der Waals surface area contributed by atoms with Crippen molar-refractivity contribution in [1.29, 1.82) is 5.26 Å². The zero-order valence-electron chi connectivity index (χ0n) is 18.8. The summed E-state index contributed by atoms with van der Waals surface area (Å²) in [4.78, 5) is 0. The summed E-state index contributed by atoms with van der Waals surface area (Å²) in [7, 11) is -4.26. The van der Waals surface area contributed by atoms with Gasteiger partial charge in [0.2, 0.25) is 0 Å². The molecule has 0 aliphatic carbocycles. The summed E-state index contributed by atoms with van der Waals surface area (Å²) in [5.74, 6) is 0. The van der Waals surface area contributed by atoms with E-state index in [1.54, 1.807) is 12.2 Å². The van der Waals surface area contributed by atoms with Gasteiger partial charge >= 0.3 is 7.82 Å². The maximum Gasteiger partial charge on any atom is 0.475 e. The maximum absolute atomic E-state index is 13.2. The first-order valence-corrected chi connectivity index (χ1v) is 11.1. The summed E-state index contributed by atoms with van der Waals surface area (Å²) in [6, 6.07) is 1.86. The summed E-state index contributed by atoms with van der Waals surface area (Å²) in [5, 5.41) is 28.2. The molecule has 0 amide bonds. The van der Waals surface area contributed by atoms with Crippen molar-refractivity contribution < 1.29 is 119 Å². The fraction of sp³-hybridized carbons (Fsp3) is 0.684. The quantitative estimate of drug-likeness (QED) is 0.122. The van der Waals surface area contributed by atoms with Crippen LogP contribution < -0.4 is 0 Å². The van der Waals surface area contributed by atoms with Crippen molar-refractivity contribution in [3.8, 4) is 6.07 Å². The van der Waals surface area contributed by atoms with E-state index in [9.17, 15) is 14.8 Å². The minimum Gasteiger partial charge on any atom is -0.544 e. The van der Waals surface area contributed by atoms with Crippen LogP contribution in [-0.4, -0.2) is 73.7 Å². The summed E-state index contributed by atoms with van der Waals surface area (Å²) >= 11 is 0. The maximum atomic E-state index is 13.2. The van der Waals surface area contributed by atoms with Crippen LogP contribution in [0.15, 0.2) is 24.3 Å². The zero-order valence-corrected chi connectivity index (χ0v) is 27.6. The van der Waals surface area contributed by atoms with Gasteiger partial charge in [0.25, 0.3) is 0 Å². The average molecular weight is 913 g/mol. The normalized spacial score (nSPS) is 32.2. The van der Waals surface area contributed by atoms with Crippen LogP contribution in [0.3, 0.4) is 0 Å². The van der Waals surface area contributed by atoms with Crippen molar-refractivity contribution in [2.45, 2.75) is 50.3 Å². The van der Waals surface area contributed by atoms with E-state index in [1.165, 1.54) is 6.61 Å². The molecule has 0 spiro atoms. The average Bonchev–Trinajstić information content (AvgIpc) is 3.27. The summed E-state index contributed by atoms with van der Waals surface area (Å²) in [6.07, 6.45) is 2.81. The topological polar surface area (TPSA) is 137 Å². The molecule has 0 aromatic rings. The first-order valence-electron chi connectivity index (χ1n) is 10.2. The number of rotatable bonds is 13. The molecular formula is C19H29AcNO9PU-. The molecule has 2 unspecified atom stereocenters. The summed E-state index contributed by atoms with van der Waals surface area (Å²) < 4.78 is 53.2. The number of nitriles is 1. The first-order chi connectivity index (χ1) is 14.9. The van der Waals surface area contributed by atoms with Crippen LogP contribution in [0.5, 0.6) is 0 Å². The molecule has 0 aromatic carbocycles. The second kappa shape index (κ2) is 18.6. The summed E-state index contributed by atoms with van der Waals surface area (Å²) in [6.45, 7) is 1.51. The van der Waals surface area contributed by atoms with Crippen molar-refractivity contribution in [3.63, 3.8) is 0 Å². The number of phosphoric acid groups is 1. The number of hydrogen-bond donors (Lipinski definition) is 2. The van der Waals surface area contributed by atoms with Gasteiger partial charge in [-0.2, -0.15) is 11.9 Å². The van der Waals surface area contributed by atoms with Crippen molar-refractivity contribution in [2.75, 3.05) is 33.0 Å². The van der Waals surface area contributed by atoms with E-state index in [2.05, 4.69) is 0 Å². The Labute approximate surface area is 249 Å². The number of phosphoric ester groups is 1. The molecule has 2 fully saturated rings. The van der Waals surface area contributed by atoms with Gasteiger partial charge in [-0.15, -0.1) is 0 Å². The van der Waals surface area contributed by atoms with E-state index in [1.807, 2.05) is 25.1 Å². The fourth-order valence-corrected chi connectivity index (χ4v) is 4.05. The molecule has 0 aromatic heterocycles. The molecule has 2 aliphatic heterocycles. The second-order valence-corrected chi connectivity index (χ2v) is 8.07. The molecule has 2 rings (SSSR count). The van der Waals surface area contributed by atoms with Gasteiger partial charge in [0.1, 0.15) is 6.10 Å². The zero-order chi connectivity index (χ0) is 22.7. The number of ether oxygens (including phenoxy) is 3. The minimum atomic E-state index is -4.26. The standard InChI is InChI=1S/C19H29NO9P.Ac.U/c1-2-3-4-5-9-24-18-13-26-16(12-21)19(18)29-30(23,27-10-6-8-20)28-14-17-15(22)7-11-25-17;;/h2-5,13,15-19,21-22H,6-7,9-12,14H2,1H3;;/q-1;;/b3-2+,5-4+;;/t15-,16-,17-,18?,19+,30?;;/m1../s1/i11T;;/t11-,15+,16+,17+,18?,19-,30?;;/m0... The van der Waals surface area contributed by atoms with Crippen LogP contribution >= 0.6 is 7.82 Å². The van der Waals surface area contributed by atoms with Gasteiger partial charge in [-0.3, -0.25) is 13.6 Å². The van der Waals surface area contributed by atoms with Gasteiger partial charge < -0.3 is 24.4 Å². The van der Waals surface area contributed by atoms with Gasteiger partial charge in [-0.05, 0) is 19.4 Å². The van der Waals surface area contributed by atoms with Gasteiger partial charge in [-0.1, -0.05) is 24.3 Å². The first kappa shape index (κ1) is 31.4. The Bertz CT molecular complexity index is 699. The molecule has 2 N–H and O–H groups in total. The molecule has 2 aliphatic rings. The van der Waals surface area contributed by atoms with E-state index >= 15 is 0 Å². The van der Waals surface area contributed by atoms with Crippen molar-refractivity contribution in [2.24, 2.45) is 0 Å². The molecule has 0 bridgehead atoms. The van der Waals surface area contributed by atoms with E-state index in [-0.39, 0.29) is 108 Å². The Kier molecular flexibility index (Phi) is 18.3. The Hall–Kier alpha value is 1.37. The Morgan fingerprint density at radius 1 is 1.38 bits per heavy atom. The Morgan fingerprint density at radius 2 is 2.16 bits per heavy atom. The minimum absolute atomic E-state index is 0. The van der Waals surface area contributed by atoms with Gasteiger partial charge in [0, 0.05) is 81.8 Å². The number of aliphatic hydroxyl groups excluding tert-OH is 2. The largest absolute Gasteiger partial charge is 0.544 e.